The molecular weight excluding hydrogens is 242 g/mol. The highest BCUT2D eigenvalue weighted by atomic mass is 16.2. The van der Waals surface area contributed by atoms with Gasteiger partial charge in [-0.1, -0.05) is 6.07 Å². The molecule has 0 bridgehead atoms. The number of carbonyl (C=O) groups excluding carboxylic acids is 2. The Kier molecular flexibility index (Phi) is 2.97. The lowest BCUT2D eigenvalue weighted by Crippen LogP contribution is -2.56. The zero-order chi connectivity index (χ0) is 13.4. The molecule has 3 rings (SSSR count). The van der Waals surface area contributed by atoms with Crippen LogP contribution >= 0.6 is 0 Å². The number of hydrogen-bond acceptors (Lipinski definition) is 3. The molecule has 2 amide bonds. The molecule has 1 aromatic heterocycles. The summed E-state index contributed by atoms with van der Waals surface area (Å²) in [6.45, 7) is 3.26. The van der Waals surface area contributed by atoms with Crippen molar-refractivity contribution in [3.63, 3.8) is 0 Å². The fourth-order valence-electron chi connectivity index (χ4n) is 2.88. The number of amides is 2. The summed E-state index contributed by atoms with van der Waals surface area (Å²) in [6, 6.07) is 5.51. The highest BCUT2D eigenvalue weighted by molar-refractivity contribution is 5.95. The first kappa shape index (κ1) is 12.1. The highest BCUT2D eigenvalue weighted by Gasteiger charge is 2.41. The van der Waals surface area contributed by atoms with Crippen molar-refractivity contribution < 1.29 is 9.59 Å². The van der Waals surface area contributed by atoms with Crippen molar-refractivity contribution in [2.24, 2.45) is 0 Å². The molecule has 0 radical (unpaired) electrons. The van der Waals surface area contributed by atoms with Gasteiger partial charge in [-0.15, -0.1) is 0 Å². The topological polar surface area (TPSA) is 53.5 Å². The zero-order valence-corrected chi connectivity index (χ0v) is 11.0. The Bertz CT molecular complexity index is 529. The van der Waals surface area contributed by atoms with Gasteiger partial charge in [0.1, 0.15) is 12.6 Å². The molecule has 3 heterocycles. The smallest absolute Gasteiger partial charge is 0.246 e. The Labute approximate surface area is 112 Å². The second-order valence-electron chi connectivity index (χ2n) is 5.21. The number of piperazine rings is 1. The van der Waals surface area contributed by atoms with Crippen molar-refractivity contribution in [1.82, 2.24) is 14.8 Å². The first-order valence-corrected chi connectivity index (χ1v) is 6.66. The average molecular weight is 259 g/mol. The van der Waals surface area contributed by atoms with Crippen LogP contribution in [0, 0.1) is 6.92 Å². The summed E-state index contributed by atoms with van der Waals surface area (Å²) in [5, 5.41) is 0. The van der Waals surface area contributed by atoms with E-state index in [0.717, 1.165) is 30.8 Å². The second kappa shape index (κ2) is 4.64. The lowest BCUT2D eigenvalue weighted by molar-refractivity contribution is -0.154. The number of nitrogens with zero attached hydrogens (tertiary/aromatic N) is 3. The standard InChI is InChI=1S/C14H17N3O2/c1-10-4-2-5-11(15-10)8-16-9-13(18)17-7-3-6-12(17)14(16)19/h2,4-5,12H,3,6-9H2,1H3. The summed E-state index contributed by atoms with van der Waals surface area (Å²) in [6.07, 6.45) is 1.72. The summed E-state index contributed by atoms with van der Waals surface area (Å²) in [5.41, 5.74) is 1.77. The van der Waals surface area contributed by atoms with Gasteiger partial charge in [0, 0.05) is 12.2 Å². The number of rotatable bonds is 2. The van der Waals surface area contributed by atoms with E-state index < -0.39 is 0 Å². The Hall–Kier alpha value is -1.91. The quantitative estimate of drug-likeness (QED) is 0.786. The lowest BCUT2D eigenvalue weighted by Gasteiger charge is -2.36. The molecule has 19 heavy (non-hydrogen) atoms. The van der Waals surface area contributed by atoms with E-state index in [1.54, 1.807) is 9.80 Å². The maximum atomic E-state index is 12.3. The summed E-state index contributed by atoms with van der Waals surface area (Å²) < 4.78 is 0. The third kappa shape index (κ3) is 2.20. The van der Waals surface area contributed by atoms with E-state index in [4.69, 9.17) is 0 Å². The van der Waals surface area contributed by atoms with Crippen LogP contribution in [0.5, 0.6) is 0 Å². The molecule has 1 atom stereocenters. The molecule has 5 heteroatoms. The maximum absolute atomic E-state index is 12.3. The van der Waals surface area contributed by atoms with E-state index in [9.17, 15) is 9.59 Å². The Morgan fingerprint density at radius 2 is 2.21 bits per heavy atom. The molecule has 0 spiro atoms. The van der Waals surface area contributed by atoms with Crippen molar-refractivity contribution in [2.45, 2.75) is 32.4 Å². The molecule has 0 aliphatic carbocycles. The molecule has 1 aromatic rings. The van der Waals surface area contributed by atoms with Crippen molar-refractivity contribution in [3.8, 4) is 0 Å². The highest BCUT2D eigenvalue weighted by Crippen LogP contribution is 2.24. The number of fused-ring (bicyclic) bond motifs is 1. The van der Waals surface area contributed by atoms with Gasteiger partial charge in [-0.2, -0.15) is 0 Å². The van der Waals surface area contributed by atoms with E-state index in [0.29, 0.717) is 6.54 Å². The molecule has 0 saturated carbocycles. The Morgan fingerprint density at radius 3 is 3.00 bits per heavy atom. The zero-order valence-electron chi connectivity index (χ0n) is 11.0. The summed E-state index contributed by atoms with van der Waals surface area (Å²) in [5.74, 6) is 0.134. The third-order valence-electron chi connectivity index (χ3n) is 3.79. The normalized spacial score (nSPS) is 22.9. The van der Waals surface area contributed by atoms with Gasteiger partial charge in [0.25, 0.3) is 0 Å². The van der Waals surface area contributed by atoms with Gasteiger partial charge in [-0.3, -0.25) is 14.6 Å². The molecule has 0 aromatic carbocycles. The number of aromatic nitrogens is 1. The van der Waals surface area contributed by atoms with Crippen LogP contribution in [0.3, 0.4) is 0 Å². The predicted octanol–water partition coefficient (Wildman–Crippen LogP) is 0.723. The van der Waals surface area contributed by atoms with E-state index in [1.165, 1.54) is 0 Å². The molecule has 2 aliphatic heterocycles. The average Bonchev–Trinajstić information content (AvgIpc) is 2.85. The molecule has 0 N–H and O–H groups in total. The summed E-state index contributed by atoms with van der Waals surface area (Å²) in [4.78, 5) is 32.1. The largest absolute Gasteiger partial charge is 0.329 e. The molecule has 1 unspecified atom stereocenters. The Balaban J connectivity index is 1.78. The summed E-state index contributed by atoms with van der Waals surface area (Å²) in [7, 11) is 0. The van der Waals surface area contributed by atoms with Crippen LogP contribution in [0.4, 0.5) is 0 Å². The van der Waals surface area contributed by atoms with Crippen molar-refractivity contribution >= 4 is 11.8 Å². The summed E-state index contributed by atoms with van der Waals surface area (Å²) >= 11 is 0. The maximum Gasteiger partial charge on any atom is 0.246 e. The number of aryl methyl sites for hydroxylation is 1. The van der Waals surface area contributed by atoms with E-state index in [1.807, 2.05) is 25.1 Å². The molecule has 100 valence electrons. The molecule has 5 nitrogen and oxygen atoms in total. The Morgan fingerprint density at radius 1 is 1.37 bits per heavy atom. The van der Waals surface area contributed by atoms with Crippen molar-refractivity contribution in [2.75, 3.05) is 13.1 Å². The van der Waals surface area contributed by atoms with Crippen LogP contribution in [0.2, 0.25) is 0 Å². The first-order chi connectivity index (χ1) is 9.15. The van der Waals surface area contributed by atoms with Crippen molar-refractivity contribution in [1.29, 1.82) is 0 Å². The van der Waals surface area contributed by atoms with Crippen LogP contribution in [-0.2, 0) is 16.1 Å². The second-order valence-corrected chi connectivity index (χ2v) is 5.21. The molecule has 2 saturated heterocycles. The number of carbonyl (C=O) groups is 2. The number of pyridine rings is 1. The minimum atomic E-state index is -0.231. The van der Waals surface area contributed by atoms with E-state index in [-0.39, 0.29) is 24.4 Å². The SMILES string of the molecule is Cc1cccc(CN2CC(=O)N3CCCC3C2=O)n1. The first-order valence-electron chi connectivity index (χ1n) is 6.66. The van der Waals surface area contributed by atoms with Crippen LogP contribution in [0.25, 0.3) is 0 Å². The van der Waals surface area contributed by atoms with Crippen LogP contribution in [0.1, 0.15) is 24.2 Å². The lowest BCUT2D eigenvalue weighted by atomic mass is 10.1. The fourth-order valence-corrected chi connectivity index (χ4v) is 2.88. The molecule has 2 fully saturated rings. The van der Waals surface area contributed by atoms with Gasteiger partial charge in [-0.25, -0.2) is 0 Å². The van der Waals surface area contributed by atoms with Gasteiger partial charge in [0.05, 0.1) is 12.2 Å². The molecular formula is C14H17N3O2. The van der Waals surface area contributed by atoms with E-state index >= 15 is 0 Å². The minimum Gasteiger partial charge on any atom is -0.329 e. The minimum absolute atomic E-state index is 0.0646. The monoisotopic (exact) mass is 259 g/mol. The van der Waals surface area contributed by atoms with Gasteiger partial charge < -0.3 is 9.80 Å². The van der Waals surface area contributed by atoms with Gasteiger partial charge in [0.2, 0.25) is 11.8 Å². The van der Waals surface area contributed by atoms with E-state index in [2.05, 4.69) is 4.98 Å². The van der Waals surface area contributed by atoms with Crippen LogP contribution in [-0.4, -0.2) is 45.7 Å². The molecule has 2 aliphatic rings. The van der Waals surface area contributed by atoms with Crippen LogP contribution in [0.15, 0.2) is 18.2 Å². The predicted molar refractivity (Wildman–Crippen MR) is 69.1 cm³/mol. The van der Waals surface area contributed by atoms with Gasteiger partial charge in [-0.05, 0) is 31.9 Å². The van der Waals surface area contributed by atoms with Crippen LogP contribution < -0.4 is 0 Å². The fraction of sp³-hybridized carbons (Fsp3) is 0.500. The van der Waals surface area contributed by atoms with Gasteiger partial charge in [0.15, 0.2) is 0 Å². The number of hydrogen-bond donors (Lipinski definition) is 0. The van der Waals surface area contributed by atoms with Gasteiger partial charge >= 0.3 is 0 Å². The van der Waals surface area contributed by atoms with Crippen molar-refractivity contribution in [3.05, 3.63) is 29.6 Å². The third-order valence-corrected chi connectivity index (χ3v) is 3.79.